The first-order valence-electron chi connectivity index (χ1n) is 11.2. The summed E-state index contributed by atoms with van der Waals surface area (Å²) < 4.78 is 16.1. The number of rotatable bonds is 6. The summed E-state index contributed by atoms with van der Waals surface area (Å²) in [5, 5.41) is 3.00. The highest BCUT2D eigenvalue weighted by molar-refractivity contribution is 6.01. The summed E-state index contributed by atoms with van der Waals surface area (Å²) in [7, 11) is 0. The first kappa shape index (κ1) is 23.0. The van der Waals surface area contributed by atoms with Crippen LogP contribution in [-0.2, 0) is 17.8 Å². The van der Waals surface area contributed by atoms with Crippen molar-refractivity contribution in [2.75, 3.05) is 11.9 Å². The van der Waals surface area contributed by atoms with Gasteiger partial charge in [-0.15, -0.1) is 0 Å². The van der Waals surface area contributed by atoms with E-state index in [9.17, 15) is 14.0 Å². The third-order valence-electron chi connectivity index (χ3n) is 5.92. The average Bonchev–Trinajstić information content (AvgIpc) is 3.20. The first-order chi connectivity index (χ1) is 15.0. The molecule has 4 rings (SSSR count). The summed E-state index contributed by atoms with van der Waals surface area (Å²) in [6.07, 6.45) is 4.84. The van der Waals surface area contributed by atoms with Gasteiger partial charge in [0, 0.05) is 17.8 Å². The van der Waals surface area contributed by atoms with Gasteiger partial charge in [-0.2, -0.15) is 0 Å². The predicted molar refractivity (Wildman–Crippen MR) is 120 cm³/mol. The van der Waals surface area contributed by atoms with E-state index in [0.717, 1.165) is 24.8 Å². The molecule has 6 nitrogen and oxygen atoms in total. The molecule has 0 radical (unpaired) electrons. The van der Waals surface area contributed by atoms with E-state index < -0.39 is 11.7 Å². The van der Waals surface area contributed by atoms with E-state index in [1.807, 2.05) is 13.8 Å². The van der Waals surface area contributed by atoms with Crippen LogP contribution in [0.2, 0.25) is 0 Å². The zero-order valence-corrected chi connectivity index (χ0v) is 18.8. The van der Waals surface area contributed by atoms with E-state index in [-0.39, 0.29) is 11.2 Å². The third kappa shape index (κ3) is 4.82. The van der Waals surface area contributed by atoms with Crippen LogP contribution in [-0.4, -0.2) is 17.1 Å². The monoisotopic (exact) mass is 429 g/mol. The number of anilines is 2. The second-order valence-electron chi connectivity index (χ2n) is 8.03. The smallest absolute Gasteiger partial charge is 0.278 e. The van der Waals surface area contributed by atoms with Gasteiger partial charge in [0.1, 0.15) is 5.82 Å². The van der Waals surface area contributed by atoms with Crippen LogP contribution in [0.25, 0.3) is 0 Å². The van der Waals surface area contributed by atoms with Crippen molar-refractivity contribution < 1.29 is 14.0 Å². The molecule has 1 aromatic heterocycles. The number of carbonyl (C=O) groups excluding carboxylic acids is 1. The van der Waals surface area contributed by atoms with Crippen molar-refractivity contribution in [3.8, 4) is 0 Å². The second kappa shape index (κ2) is 10.1. The molecule has 2 aliphatic rings. The average molecular weight is 430 g/mol. The lowest BCUT2D eigenvalue weighted by atomic mass is 9.86. The Bertz CT molecular complexity index is 1010. The highest BCUT2D eigenvalue weighted by Crippen LogP contribution is 2.31. The molecular weight excluding hydrogens is 397 g/mol. The van der Waals surface area contributed by atoms with Crippen molar-refractivity contribution in [3.05, 3.63) is 56.8 Å². The topological polar surface area (TPSA) is 72.4 Å². The molecule has 0 spiro atoms. The Kier molecular flexibility index (Phi) is 7.49. The van der Waals surface area contributed by atoms with Gasteiger partial charge in [-0.1, -0.05) is 26.3 Å². The number of nitrogens with zero attached hydrogens (tertiary/aromatic N) is 1. The van der Waals surface area contributed by atoms with Crippen LogP contribution in [0.3, 0.4) is 0 Å². The lowest BCUT2D eigenvalue weighted by Crippen LogP contribution is -2.33. The van der Waals surface area contributed by atoms with Crippen LogP contribution in [0.5, 0.6) is 0 Å². The van der Waals surface area contributed by atoms with Crippen molar-refractivity contribution in [2.24, 2.45) is 5.92 Å². The molecule has 1 saturated carbocycles. The minimum absolute atomic E-state index is 0.153. The summed E-state index contributed by atoms with van der Waals surface area (Å²) in [5.41, 5.74) is 5.16. The molecule has 168 valence electrons. The Balaban J connectivity index is 0.00000132. The molecule has 0 atom stereocenters. The van der Waals surface area contributed by atoms with Crippen LogP contribution >= 0.6 is 0 Å². The fraction of sp³-hybridized carbons (Fsp3) is 0.500. The number of benzene rings is 1. The normalized spacial score (nSPS) is 14.9. The van der Waals surface area contributed by atoms with Gasteiger partial charge in [0.15, 0.2) is 0 Å². The molecule has 1 aromatic carbocycles. The van der Waals surface area contributed by atoms with Crippen LogP contribution < -0.4 is 16.4 Å². The fourth-order valence-corrected chi connectivity index (χ4v) is 3.99. The number of aryl methyl sites for hydroxylation is 1. The molecule has 2 aromatic rings. The molecule has 1 amide bonds. The van der Waals surface area contributed by atoms with Gasteiger partial charge in [0.2, 0.25) is 0 Å². The van der Waals surface area contributed by atoms with Crippen molar-refractivity contribution in [2.45, 2.75) is 66.3 Å². The summed E-state index contributed by atoms with van der Waals surface area (Å²) in [5.74, 6) is -0.355. The Hall–Kier alpha value is -2.67. The van der Waals surface area contributed by atoms with Crippen molar-refractivity contribution in [3.63, 3.8) is 0 Å². The van der Waals surface area contributed by atoms with E-state index >= 15 is 0 Å². The summed E-state index contributed by atoms with van der Waals surface area (Å²) in [6.45, 7) is 8.53. The third-order valence-corrected chi connectivity index (χ3v) is 5.92. The zero-order chi connectivity index (χ0) is 22.5. The van der Waals surface area contributed by atoms with Gasteiger partial charge in [-0.3, -0.25) is 14.4 Å². The van der Waals surface area contributed by atoms with Crippen LogP contribution in [0.4, 0.5) is 15.8 Å². The van der Waals surface area contributed by atoms with Gasteiger partial charge in [-0.25, -0.2) is 9.87 Å². The minimum atomic E-state index is -0.433. The lowest BCUT2D eigenvalue weighted by Gasteiger charge is -2.25. The van der Waals surface area contributed by atoms with Gasteiger partial charge >= 0.3 is 0 Å². The SMILES string of the molecule is CC.Cc1ccc(Nc2c(C(=O)NOCC3CCC3)c3n(c(=O)c2C)CCC3)c(F)c1. The van der Waals surface area contributed by atoms with E-state index in [1.54, 1.807) is 30.5 Å². The molecule has 0 saturated heterocycles. The Morgan fingerprint density at radius 3 is 2.61 bits per heavy atom. The Labute approximate surface area is 182 Å². The summed E-state index contributed by atoms with van der Waals surface area (Å²) >= 11 is 0. The van der Waals surface area contributed by atoms with E-state index in [1.165, 1.54) is 12.5 Å². The molecular formula is C24H32FN3O3. The highest BCUT2D eigenvalue weighted by Gasteiger charge is 2.28. The maximum atomic E-state index is 14.4. The van der Waals surface area contributed by atoms with Crippen molar-refractivity contribution in [1.82, 2.24) is 10.0 Å². The molecule has 2 heterocycles. The zero-order valence-electron chi connectivity index (χ0n) is 18.8. The summed E-state index contributed by atoms with van der Waals surface area (Å²) in [4.78, 5) is 31.3. The number of hydroxylamine groups is 1. The molecule has 7 heteroatoms. The van der Waals surface area contributed by atoms with Gasteiger partial charge in [0.05, 0.1) is 23.5 Å². The number of hydrogen-bond donors (Lipinski definition) is 2. The number of carbonyl (C=O) groups is 1. The second-order valence-corrected chi connectivity index (χ2v) is 8.03. The Morgan fingerprint density at radius 2 is 1.97 bits per heavy atom. The minimum Gasteiger partial charge on any atom is -0.352 e. The molecule has 31 heavy (non-hydrogen) atoms. The van der Waals surface area contributed by atoms with E-state index in [4.69, 9.17) is 4.84 Å². The van der Waals surface area contributed by atoms with E-state index in [0.29, 0.717) is 48.0 Å². The maximum Gasteiger partial charge on any atom is 0.278 e. The van der Waals surface area contributed by atoms with Gasteiger partial charge in [-0.05, 0) is 63.1 Å². The largest absolute Gasteiger partial charge is 0.352 e. The number of aromatic nitrogens is 1. The van der Waals surface area contributed by atoms with Crippen molar-refractivity contribution >= 4 is 17.3 Å². The van der Waals surface area contributed by atoms with Gasteiger partial charge in [0.25, 0.3) is 11.5 Å². The van der Waals surface area contributed by atoms with Crippen LogP contribution in [0, 0.1) is 25.6 Å². The standard InChI is InChI=1S/C22H26FN3O3.C2H6/c1-13-8-9-17(16(23)11-13)24-20-14(2)22(28)26-10-4-7-18(26)19(20)21(27)25-29-12-15-5-3-6-15;1-2/h8-9,11,15,24H,3-7,10,12H2,1-2H3,(H,25,27);1-2H3. The Morgan fingerprint density at radius 1 is 1.23 bits per heavy atom. The summed E-state index contributed by atoms with van der Waals surface area (Å²) in [6, 6.07) is 4.81. The maximum absolute atomic E-state index is 14.4. The fourth-order valence-electron chi connectivity index (χ4n) is 3.99. The molecule has 0 unspecified atom stereocenters. The first-order valence-corrected chi connectivity index (χ1v) is 11.2. The molecule has 1 aliphatic heterocycles. The predicted octanol–water partition coefficient (Wildman–Crippen LogP) is 4.78. The van der Waals surface area contributed by atoms with E-state index in [2.05, 4.69) is 10.8 Å². The number of halogens is 1. The number of nitrogens with one attached hydrogen (secondary N) is 2. The number of pyridine rings is 1. The number of amides is 1. The molecule has 1 fully saturated rings. The van der Waals surface area contributed by atoms with Crippen molar-refractivity contribution in [1.29, 1.82) is 0 Å². The quantitative estimate of drug-likeness (QED) is 0.648. The number of fused-ring (bicyclic) bond motifs is 1. The molecule has 2 N–H and O–H groups in total. The lowest BCUT2D eigenvalue weighted by molar-refractivity contribution is 0.00314. The number of hydrogen-bond acceptors (Lipinski definition) is 4. The molecule has 0 bridgehead atoms. The van der Waals surface area contributed by atoms with Gasteiger partial charge < -0.3 is 9.88 Å². The highest BCUT2D eigenvalue weighted by atomic mass is 19.1. The molecule has 1 aliphatic carbocycles. The van der Waals surface area contributed by atoms with Crippen LogP contribution in [0.15, 0.2) is 23.0 Å². The van der Waals surface area contributed by atoms with Crippen LogP contribution in [0.1, 0.15) is 66.7 Å².